The largest absolute Gasteiger partial charge is 0.378 e. The first-order chi connectivity index (χ1) is 10.6. The van der Waals surface area contributed by atoms with Crippen molar-refractivity contribution in [3.8, 4) is 0 Å². The fourth-order valence-electron chi connectivity index (χ4n) is 2.74. The van der Waals surface area contributed by atoms with E-state index in [4.69, 9.17) is 16.3 Å². The molecule has 1 saturated carbocycles. The highest BCUT2D eigenvalue weighted by molar-refractivity contribution is 6.31. The summed E-state index contributed by atoms with van der Waals surface area (Å²) in [7, 11) is 0. The molecule has 3 rings (SSSR count). The topological polar surface area (TPSA) is 58.6 Å². The predicted molar refractivity (Wildman–Crippen MR) is 83.8 cm³/mol. The van der Waals surface area contributed by atoms with Gasteiger partial charge in [0.2, 0.25) is 11.8 Å². The second-order valence-corrected chi connectivity index (χ2v) is 6.20. The van der Waals surface area contributed by atoms with Gasteiger partial charge in [-0.1, -0.05) is 17.7 Å². The lowest BCUT2D eigenvalue weighted by Crippen LogP contribution is -2.42. The van der Waals surface area contributed by atoms with E-state index in [2.05, 4.69) is 5.32 Å². The third kappa shape index (κ3) is 3.10. The van der Waals surface area contributed by atoms with E-state index < -0.39 is 0 Å². The normalized spacial score (nSPS) is 24.0. The Hall–Kier alpha value is -1.59. The molecular weight excluding hydrogens is 304 g/mol. The highest BCUT2D eigenvalue weighted by atomic mass is 35.5. The van der Waals surface area contributed by atoms with Crippen LogP contribution in [0, 0.1) is 18.8 Å². The van der Waals surface area contributed by atoms with Crippen molar-refractivity contribution in [2.75, 3.05) is 31.6 Å². The molecule has 5 nitrogen and oxygen atoms in total. The van der Waals surface area contributed by atoms with Crippen molar-refractivity contribution in [2.24, 2.45) is 11.8 Å². The number of halogens is 1. The molecule has 1 aliphatic carbocycles. The number of nitrogens with one attached hydrogen (secondary N) is 1. The predicted octanol–water partition coefficient (Wildman–Crippen LogP) is 2.08. The molecule has 2 unspecified atom stereocenters. The number of nitrogens with zero attached hydrogens (tertiary/aromatic N) is 1. The van der Waals surface area contributed by atoms with Crippen LogP contribution in [-0.4, -0.2) is 43.0 Å². The number of morpholine rings is 1. The van der Waals surface area contributed by atoms with Crippen molar-refractivity contribution in [1.82, 2.24) is 4.90 Å². The first-order valence-electron chi connectivity index (χ1n) is 7.50. The van der Waals surface area contributed by atoms with E-state index in [9.17, 15) is 9.59 Å². The van der Waals surface area contributed by atoms with E-state index in [0.29, 0.717) is 43.4 Å². The molecule has 2 atom stereocenters. The zero-order chi connectivity index (χ0) is 15.7. The molecule has 0 aromatic heterocycles. The molecule has 2 fully saturated rings. The fourth-order valence-corrected chi connectivity index (χ4v) is 2.92. The van der Waals surface area contributed by atoms with Gasteiger partial charge >= 0.3 is 0 Å². The first kappa shape index (κ1) is 15.3. The maximum Gasteiger partial charge on any atom is 0.228 e. The average Bonchev–Trinajstić information content (AvgIpc) is 3.32. The number of ether oxygens (including phenoxy) is 1. The molecule has 1 saturated heterocycles. The Balaban J connectivity index is 1.58. The number of hydrogen-bond acceptors (Lipinski definition) is 3. The summed E-state index contributed by atoms with van der Waals surface area (Å²) in [5.41, 5.74) is 1.55. The molecule has 0 spiro atoms. The monoisotopic (exact) mass is 322 g/mol. The number of anilines is 1. The summed E-state index contributed by atoms with van der Waals surface area (Å²) in [6, 6.07) is 5.41. The third-order valence-electron chi connectivity index (χ3n) is 4.29. The van der Waals surface area contributed by atoms with Gasteiger partial charge < -0.3 is 15.0 Å². The standard InChI is InChI=1S/C16H19ClN2O3/c1-10-13(17)3-2-4-14(10)18-15(20)11-9-12(11)16(21)19-5-7-22-8-6-19/h2-4,11-12H,5-9H2,1H3,(H,18,20). The van der Waals surface area contributed by atoms with Crippen LogP contribution in [0.15, 0.2) is 18.2 Å². The van der Waals surface area contributed by atoms with Gasteiger partial charge in [0.05, 0.1) is 25.0 Å². The van der Waals surface area contributed by atoms with Crippen molar-refractivity contribution in [3.05, 3.63) is 28.8 Å². The van der Waals surface area contributed by atoms with Crippen molar-refractivity contribution in [1.29, 1.82) is 0 Å². The zero-order valence-electron chi connectivity index (χ0n) is 12.5. The molecule has 1 aromatic carbocycles. The number of hydrogen-bond donors (Lipinski definition) is 1. The molecule has 0 radical (unpaired) electrons. The second kappa shape index (κ2) is 6.26. The van der Waals surface area contributed by atoms with Gasteiger partial charge in [0.25, 0.3) is 0 Å². The van der Waals surface area contributed by atoms with Crippen molar-refractivity contribution >= 4 is 29.1 Å². The minimum absolute atomic E-state index is 0.0752. The highest BCUT2D eigenvalue weighted by Crippen LogP contribution is 2.41. The Labute approximate surface area is 134 Å². The lowest BCUT2D eigenvalue weighted by molar-refractivity contribution is -0.137. The summed E-state index contributed by atoms with van der Waals surface area (Å²) in [6.45, 7) is 4.27. The number of amides is 2. The molecule has 1 N–H and O–H groups in total. The average molecular weight is 323 g/mol. The zero-order valence-corrected chi connectivity index (χ0v) is 13.2. The molecule has 2 amide bonds. The van der Waals surface area contributed by atoms with Gasteiger partial charge in [0.1, 0.15) is 0 Å². The number of benzene rings is 1. The summed E-state index contributed by atoms with van der Waals surface area (Å²) in [4.78, 5) is 26.4. The van der Waals surface area contributed by atoms with Crippen molar-refractivity contribution < 1.29 is 14.3 Å². The number of rotatable bonds is 3. The lowest BCUT2D eigenvalue weighted by atomic mass is 10.2. The molecule has 0 bridgehead atoms. The molecule has 118 valence electrons. The van der Waals surface area contributed by atoms with Crippen molar-refractivity contribution in [2.45, 2.75) is 13.3 Å². The van der Waals surface area contributed by atoms with Gasteiger partial charge in [-0.25, -0.2) is 0 Å². The number of carbonyl (C=O) groups excluding carboxylic acids is 2. The Bertz CT molecular complexity index is 599. The van der Waals surface area contributed by atoms with Gasteiger partial charge in [-0.2, -0.15) is 0 Å². The summed E-state index contributed by atoms with van der Waals surface area (Å²) < 4.78 is 5.24. The number of carbonyl (C=O) groups is 2. The van der Waals surface area contributed by atoms with E-state index in [0.717, 1.165) is 5.56 Å². The SMILES string of the molecule is Cc1c(Cl)cccc1NC(=O)C1CC1C(=O)N1CCOCC1. The van der Waals surface area contributed by atoms with Crippen LogP contribution in [0.1, 0.15) is 12.0 Å². The van der Waals surface area contributed by atoms with Gasteiger partial charge in [-0.05, 0) is 31.0 Å². The van der Waals surface area contributed by atoms with E-state index >= 15 is 0 Å². The maximum atomic E-state index is 12.3. The van der Waals surface area contributed by atoms with Crippen molar-refractivity contribution in [3.63, 3.8) is 0 Å². The molecule has 1 heterocycles. The van der Waals surface area contributed by atoms with Gasteiger partial charge in [-0.15, -0.1) is 0 Å². The van der Waals surface area contributed by atoms with Crippen LogP contribution in [0.3, 0.4) is 0 Å². The summed E-state index contributed by atoms with van der Waals surface area (Å²) >= 11 is 6.05. The molecule has 2 aliphatic rings. The third-order valence-corrected chi connectivity index (χ3v) is 4.70. The lowest BCUT2D eigenvalue weighted by Gasteiger charge is -2.27. The molecule has 6 heteroatoms. The Morgan fingerprint density at radius 3 is 2.73 bits per heavy atom. The minimum Gasteiger partial charge on any atom is -0.378 e. The smallest absolute Gasteiger partial charge is 0.228 e. The van der Waals surface area contributed by atoms with E-state index in [1.54, 1.807) is 17.0 Å². The molecule has 1 aromatic rings. The Morgan fingerprint density at radius 1 is 1.27 bits per heavy atom. The maximum absolute atomic E-state index is 12.3. The van der Waals surface area contributed by atoms with Crippen LogP contribution in [0.2, 0.25) is 5.02 Å². The minimum atomic E-state index is -0.228. The molecule has 22 heavy (non-hydrogen) atoms. The van der Waals surface area contributed by atoms with Crippen LogP contribution in [0.25, 0.3) is 0 Å². The van der Waals surface area contributed by atoms with Crippen LogP contribution in [0.4, 0.5) is 5.69 Å². The van der Waals surface area contributed by atoms with Crippen LogP contribution < -0.4 is 5.32 Å². The van der Waals surface area contributed by atoms with Gasteiger partial charge in [0, 0.05) is 23.8 Å². The summed E-state index contributed by atoms with van der Waals surface area (Å²) in [6.07, 6.45) is 0.627. The summed E-state index contributed by atoms with van der Waals surface area (Å²) in [5, 5.41) is 3.50. The Morgan fingerprint density at radius 2 is 2.00 bits per heavy atom. The molecular formula is C16H19ClN2O3. The second-order valence-electron chi connectivity index (χ2n) is 5.79. The first-order valence-corrected chi connectivity index (χ1v) is 7.88. The van der Waals surface area contributed by atoms with Crippen LogP contribution in [0.5, 0.6) is 0 Å². The van der Waals surface area contributed by atoms with Crippen LogP contribution in [-0.2, 0) is 14.3 Å². The summed E-state index contributed by atoms with van der Waals surface area (Å²) in [5.74, 6) is -0.436. The van der Waals surface area contributed by atoms with Gasteiger partial charge in [0.15, 0.2) is 0 Å². The highest BCUT2D eigenvalue weighted by Gasteiger charge is 2.49. The Kier molecular flexibility index (Phi) is 4.36. The van der Waals surface area contributed by atoms with E-state index in [-0.39, 0.29) is 23.7 Å². The van der Waals surface area contributed by atoms with E-state index in [1.165, 1.54) is 0 Å². The fraction of sp³-hybridized carbons (Fsp3) is 0.500. The van der Waals surface area contributed by atoms with Gasteiger partial charge in [-0.3, -0.25) is 9.59 Å². The van der Waals surface area contributed by atoms with Crippen LogP contribution >= 0.6 is 11.6 Å². The van der Waals surface area contributed by atoms with E-state index in [1.807, 2.05) is 13.0 Å². The quantitative estimate of drug-likeness (QED) is 0.927. The molecule has 1 aliphatic heterocycles.